The van der Waals surface area contributed by atoms with Crippen molar-refractivity contribution in [2.24, 2.45) is 7.05 Å². The van der Waals surface area contributed by atoms with Crippen molar-refractivity contribution in [3.05, 3.63) is 53.9 Å². The molecule has 21 heavy (non-hydrogen) atoms. The smallest absolute Gasteiger partial charge is 0.121 e. The fourth-order valence-electron chi connectivity index (χ4n) is 2.52. The van der Waals surface area contributed by atoms with Crippen LogP contribution in [0, 0.1) is 0 Å². The van der Waals surface area contributed by atoms with Crippen LogP contribution in [0.1, 0.15) is 11.4 Å². The number of methoxy groups -OCH3 is 1. The minimum atomic E-state index is 0.800. The predicted molar refractivity (Wildman–Crippen MR) is 85.5 cm³/mol. The molecular formula is C17H19N3O. The lowest BCUT2D eigenvalue weighted by atomic mass is 10.1. The Hall–Kier alpha value is -2.49. The maximum atomic E-state index is 5.71. The Morgan fingerprint density at radius 3 is 2.57 bits per heavy atom. The molecule has 3 aromatic rings. The average Bonchev–Trinajstić information content (AvgIpc) is 2.82. The summed E-state index contributed by atoms with van der Waals surface area (Å²) in [5, 5.41) is 0. The number of aryl methyl sites for hydroxylation is 3. The number of rotatable bonds is 4. The SMILES string of the molecule is COc1ccc2c(c1)nc(CCc1ccc(N)cc1)n2C. The first kappa shape index (κ1) is 13.5. The molecule has 0 saturated carbocycles. The maximum Gasteiger partial charge on any atom is 0.121 e. The average molecular weight is 281 g/mol. The molecule has 2 N–H and O–H groups in total. The third-order valence-electron chi connectivity index (χ3n) is 3.80. The third kappa shape index (κ3) is 2.70. The van der Waals surface area contributed by atoms with E-state index in [4.69, 9.17) is 15.5 Å². The van der Waals surface area contributed by atoms with Gasteiger partial charge in [0.25, 0.3) is 0 Å². The van der Waals surface area contributed by atoms with Crippen molar-refractivity contribution < 1.29 is 4.74 Å². The number of imidazole rings is 1. The monoisotopic (exact) mass is 281 g/mol. The van der Waals surface area contributed by atoms with E-state index in [2.05, 4.69) is 23.7 Å². The van der Waals surface area contributed by atoms with E-state index in [9.17, 15) is 0 Å². The lowest BCUT2D eigenvalue weighted by Crippen LogP contribution is -2.00. The van der Waals surface area contributed by atoms with Gasteiger partial charge in [0.2, 0.25) is 0 Å². The predicted octanol–water partition coefficient (Wildman–Crippen LogP) is 2.95. The van der Waals surface area contributed by atoms with Crippen LogP contribution in [0.2, 0.25) is 0 Å². The number of hydrogen-bond acceptors (Lipinski definition) is 3. The Kier molecular flexibility index (Phi) is 3.52. The van der Waals surface area contributed by atoms with Gasteiger partial charge in [-0.15, -0.1) is 0 Å². The van der Waals surface area contributed by atoms with Crippen LogP contribution in [-0.4, -0.2) is 16.7 Å². The number of anilines is 1. The number of nitrogens with two attached hydrogens (primary N) is 1. The van der Waals surface area contributed by atoms with Crippen molar-refractivity contribution in [1.29, 1.82) is 0 Å². The second kappa shape index (κ2) is 5.48. The first-order chi connectivity index (χ1) is 10.2. The maximum absolute atomic E-state index is 5.71. The zero-order valence-electron chi connectivity index (χ0n) is 12.3. The number of nitrogens with zero attached hydrogens (tertiary/aromatic N) is 2. The van der Waals surface area contributed by atoms with Crippen molar-refractivity contribution in [2.75, 3.05) is 12.8 Å². The molecule has 4 heteroatoms. The molecular weight excluding hydrogens is 262 g/mol. The molecule has 1 aromatic heterocycles. The molecule has 0 aliphatic heterocycles. The van der Waals surface area contributed by atoms with Crippen LogP contribution >= 0.6 is 0 Å². The van der Waals surface area contributed by atoms with Crippen molar-refractivity contribution in [2.45, 2.75) is 12.8 Å². The van der Waals surface area contributed by atoms with Gasteiger partial charge in [-0.05, 0) is 36.2 Å². The third-order valence-corrected chi connectivity index (χ3v) is 3.80. The first-order valence-electron chi connectivity index (χ1n) is 7.01. The molecule has 0 aliphatic rings. The molecule has 0 fully saturated rings. The van der Waals surface area contributed by atoms with E-state index in [0.717, 1.165) is 41.1 Å². The van der Waals surface area contributed by atoms with Crippen molar-refractivity contribution >= 4 is 16.7 Å². The summed E-state index contributed by atoms with van der Waals surface area (Å²) in [7, 11) is 3.73. The van der Waals surface area contributed by atoms with Crippen LogP contribution in [0.5, 0.6) is 5.75 Å². The second-order valence-electron chi connectivity index (χ2n) is 5.18. The molecule has 2 aromatic carbocycles. The van der Waals surface area contributed by atoms with E-state index in [1.54, 1.807) is 7.11 Å². The second-order valence-corrected chi connectivity index (χ2v) is 5.18. The molecule has 108 valence electrons. The summed E-state index contributed by atoms with van der Waals surface area (Å²) in [6.07, 6.45) is 1.85. The van der Waals surface area contributed by atoms with Crippen molar-refractivity contribution in [1.82, 2.24) is 9.55 Å². The molecule has 0 radical (unpaired) electrons. The Balaban J connectivity index is 1.83. The number of nitrogen functional groups attached to an aromatic ring is 1. The number of hydrogen-bond donors (Lipinski definition) is 1. The van der Waals surface area contributed by atoms with Crippen LogP contribution in [0.3, 0.4) is 0 Å². The lowest BCUT2D eigenvalue weighted by molar-refractivity contribution is 0.415. The van der Waals surface area contributed by atoms with E-state index in [-0.39, 0.29) is 0 Å². The highest BCUT2D eigenvalue weighted by Gasteiger charge is 2.08. The quantitative estimate of drug-likeness (QED) is 0.748. The van der Waals surface area contributed by atoms with Gasteiger partial charge in [0.15, 0.2) is 0 Å². The zero-order valence-corrected chi connectivity index (χ0v) is 12.3. The van der Waals surface area contributed by atoms with Gasteiger partial charge in [0.1, 0.15) is 11.6 Å². The van der Waals surface area contributed by atoms with E-state index in [1.165, 1.54) is 5.56 Å². The fraction of sp³-hybridized carbons (Fsp3) is 0.235. The van der Waals surface area contributed by atoms with Gasteiger partial charge in [-0.3, -0.25) is 0 Å². The number of aromatic nitrogens is 2. The normalized spacial score (nSPS) is 11.0. The van der Waals surface area contributed by atoms with Crippen LogP contribution < -0.4 is 10.5 Å². The van der Waals surface area contributed by atoms with Crippen LogP contribution in [0.15, 0.2) is 42.5 Å². The van der Waals surface area contributed by atoms with Gasteiger partial charge < -0.3 is 15.0 Å². The van der Waals surface area contributed by atoms with Crippen molar-refractivity contribution in [3.63, 3.8) is 0 Å². The van der Waals surface area contributed by atoms with E-state index >= 15 is 0 Å². The van der Waals surface area contributed by atoms with Gasteiger partial charge >= 0.3 is 0 Å². The topological polar surface area (TPSA) is 53.1 Å². The molecule has 0 atom stereocenters. The standard InChI is InChI=1S/C17H19N3O/c1-20-16-9-8-14(21-2)11-15(16)19-17(20)10-5-12-3-6-13(18)7-4-12/h3-4,6-9,11H,5,10,18H2,1-2H3. The van der Waals surface area contributed by atoms with E-state index in [0.29, 0.717) is 0 Å². The van der Waals surface area contributed by atoms with Crippen LogP contribution in [0.25, 0.3) is 11.0 Å². The highest BCUT2D eigenvalue weighted by atomic mass is 16.5. The molecule has 0 unspecified atom stereocenters. The van der Waals surface area contributed by atoms with Gasteiger partial charge in [0, 0.05) is 25.2 Å². The highest BCUT2D eigenvalue weighted by molar-refractivity contribution is 5.77. The van der Waals surface area contributed by atoms with E-state index < -0.39 is 0 Å². The molecule has 0 amide bonds. The summed E-state index contributed by atoms with van der Waals surface area (Å²) in [6, 6.07) is 14.0. The number of ether oxygens (including phenoxy) is 1. The molecule has 0 aliphatic carbocycles. The lowest BCUT2D eigenvalue weighted by Gasteiger charge is -2.03. The molecule has 4 nitrogen and oxygen atoms in total. The zero-order chi connectivity index (χ0) is 14.8. The Morgan fingerprint density at radius 2 is 1.86 bits per heavy atom. The molecule has 1 heterocycles. The van der Waals surface area contributed by atoms with Crippen molar-refractivity contribution in [3.8, 4) is 5.75 Å². The molecule has 0 bridgehead atoms. The fourth-order valence-corrected chi connectivity index (χ4v) is 2.52. The minimum absolute atomic E-state index is 0.800. The van der Waals surface area contributed by atoms with Crippen LogP contribution in [-0.2, 0) is 19.9 Å². The summed E-state index contributed by atoms with van der Waals surface area (Å²) >= 11 is 0. The summed E-state index contributed by atoms with van der Waals surface area (Å²) < 4.78 is 7.40. The summed E-state index contributed by atoms with van der Waals surface area (Å²) in [4.78, 5) is 4.71. The Bertz CT molecular complexity index is 760. The highest BCUT2D eigenvalue weighted by Crippen LogP contribution is 2.21. The summed E-state index contributed by atoms with van der Waals surface area (Å²) in [6.45, 7) is 0. The summed E-state index contributed by atoms with van der Waals surface area (Å²) in [5.74, 6) is 1.92. The molecule has 0 spiro atoms. The number of fused-ring (bicyclic) bond motifs is 1. The number of benzene rings is 2. The first-order valence-corrected chi connectivity index (χ1v) is 7.01. The van der Waals surface area contributed by atoms with Gasteiger partial charge in [-0.2, -0.15) is 0 Å². The Labute approximate surface area is 124 Å². The van der Waals surface area contributed by atoms with Gasteiger partial charge in [-0.1, -0.05) is 12.1 Å². The molecule has 0 saturated heterocycles. The Morgan fingerprint density at radius 1 is 1.10 bits per heavy atom. The van der Waals surface area contributed by atoms with Gasteiger partial charge in [-0.25, -0.2) is 4.98 Å². The molecule has 3 rings (SSSR count). The van der Waals surface area contributed by atoms with Gasteiger partial charge in [0.05, 0.1) is 18.1 Å². The van der Waals surface area contributed by atoms with Crippen LogP contribution in [0.4, 0.5) is 5.69 Å². The van der Waals surface area contributed by atoms with E-state index in [1.807, 2.05) is 30.3 Å². The largest absolute Gasteiger partial charge is 0.497 e. The minimum Gasteiger partial charge on any atom is -0.497 e. The summed E-state index contributed by atoms with van der Waals surface area (Å²) in [5.41, 5.74) is 9.88.